The van der Waals surface area contributed by atoms with Crippen molar-refractivity contribution >= 4 is 49.8 Å². The molecule has 7 nitrogen and oxygen atoms in total. The number of nitrogens with zero attached hydrogens (tertiary/aromatic N) is 7. The van der Waals surface area contributed by atoms with Gasteiger partial charge in [-0.3, -0.25) is 0 Å². The van der Waals surface area contributed by atoms with E-state index in [1.54, 1.807) is 6.07 Å². The second-order valence-corrected chi connectivity index (χ2v) is 7.91. The predicted octanol–water partition coefficient (Wildman–Crippen LogP) is 4.91. The third kappa shape index (κ3) is 4.78. The highest BCUT2D eigenvalue weighted by molar-refractivity contribution is 7.21. The number of hydrogen-bond acceptors (Lipinski definition) is 6. The number of imidazole rings is 1. The van der Waals surface area contributed by atoms with Gasteiger partial charge in [-0.05, 0) is 43.3 Å². The van der Waals surface area contributed by atoms with Crippen molar-refractivity contribution < 1.29 is 4.57 Å². The fourth-order valence-electron chi connectivity index (χ4n) is 3.00. The van der Waals surface area contributed by atoms with Gasteiger partial charge in [0.2, 0.25) is 11.5 Å². The Morgan fingerprint density at radius 1 is 1.14 bits per heavy atom. The number of benzene rings is 1. The van der Waals surface area contributed by atoms with Crippen LogP contribution in [-0.2, 0) is 13.6 Å². The van der Waals surface area contributed by atoms with E-state index in [4.69, 9.17) is 11.6 Å². The summed E-state index contributed by atoms with van der Waals surface area (Å²) in [7, 11) is 2.03. The van der Waals surface area contributed by atoms with Crippen molar-refractivity contribution in [2.24, 2.45) is 17.3 Å². The second-order valence-electron chi connectivity index (χ2n) is 6.57. The number of anilines is 1. The van der Waals surface area contributed by atoms with E-state index >= 15 is 0 Å². The first-order chi connectivity index (χ1) is 14.1. The fraction of sp³-hybridized carbons (Fsp3) is 0.250. The molecule has 4 rings (SSSR count). The van der Waals surface area contributed by atoms with Gasteiger partial charge in [0.25, 0.3) is 0 Å². The summed E-state index contributed by atoms with van der Waals surface area (Å²) in [4.78, 5) is 11.7. The van der Waals surface area contributed by atoms with Gasteiger partial charge in [-0.15, -0.1) is 10.2 Å². The van der Waals surface area contributed by atoms with Crippen molar-refractivity contribution in [3.8, 4) is 0 Å². The van der Waals surface area contributed by atoms with Gasteiger partial charge in [0.05, 0.1) is 19.3 Å². The first-order valence-electron chi connectivity index (χ1n) is 9.31. The van der Waals surface area contributed by atoms with E-state index in [0.29, 0.717) is 10.3 Å². The van der Waals surface area contributed by atoms with E-state index < -0.39 is 0 Å². The smallest absolute Gasteiger partial charge is 0.243 e. The second kappa shape index (κ2) is 8.67. The summed E-state index contributed by atoms with van der Waals surface area (Å²) < 4.78 is 4.23. The summed E-state index contributed by atoms with van der Waals surface area (Å²) in [6, 6.07) is 11.7. The highest BCUT2D eigenvalue weighted by Gasteiger charge is 2.08. The van der Waals surface area contributed by atoms with Crippen molar-refractivity contribution in [1.82, 2.24) is 14.5 Å². The summed E-state index contributed by atoms with van der Waals surface area (Å²) in [6.07, 6.45) is 6.22. The van der Waals surface area contributed by atoms with Gasteiger partial charge >= 0.3 is 0 Å². The van der Waals surface area contributed by atoms with E-state index in [1.165, 1.54) is 17.0 Å². The average Bonchev–Trinajstić information content (AvgIpc) is 3.33. The molecule has 0 unspecified atom stereocenters. The standard InChI is InChI=1S/C20H21ClN7S/c1-3-28(13-12-27-11-10-26(2)14-27)16-6-4-15(5-7-16)24-25-20-22-17-8-9-18(21)23-19(17)29-20/h4-11,14H,3,12-13H2,1-2H3/q+1. The molecule has 29 heavy (non-hydrogen) atoms. The lowest BCUT2D eigenvalue weighted by atomic mass is 10.2. The van der Waals surface area contributed by atoms with E-state index in [9.17, 15) is 0 Å². The van der Waals surface area contributed by atoms with Crippen LogP contribution < -0.4 is 9.47 Å². The molecule has 0 spiro atoms. The van der Waals surface area contributed by atoms with Crippen molar-refractivity contribution in [2.75, 3.05) is 18.0 Å². The monoisotopic (exact) mass is 426 g/mol. The van der Waals surface area contributed by atoms with Crippen molar-refractivity contribution in [1.29, 1.82) is 0 Å². The van der Waals surface area contributed by atoms with Gasteiger partial charge in [-0.25, -0.2) is 19.1 Å². The number of halogens is 1. The first kappa shape index (κ1) is 19.5. The maximum atomic E-state index is 5.92. The molecule has 0 saturated heterocycles. The normalized spacial score (nSPS) is 11.6. The molecule has 4 aromatic rings. The lowest BCUT2D eigenvalue weighted by Gasteiger charge is -2.22. The van der Waals surface area contributed by atoms with Crippen molar-refractivity contribution in [3.63, 3.8) is 0 Å². The molecule has 0 aliphatic rings. The van der Waals surface area contributed by atoms with Crippen molar-refractivity contribution in [3.05, 3.63) is 60.3 Å². The molecule has 0 bridgehead atoms. The molecule has 0 saturated carbocycles. The number of aromatic nitrogens is 4. The summed E-state index contributed by atoms with van der Waals surface area (Å²) in [6.45, 7) is 4.98. The Hall–Kier alpha value is -2.84. The largest absolute Gasteiger partial charge is 0.368 e. The highest BCUT2D eigenvalue weighted by atomic mass is 35.5. The molecule has 3 heterocycles. The number of thiazole rings is 1. The molecule has 0 fully saturated rings. The van der Waals surface area contributed by atoms with Gasteiger partial charge in [-0.2, -0.15) is 0 Å². The number of aryl methyl sites for hydroxylation is 1. The lowest BCUT2D eigenvalue weighted by molar-refractivity contribution is -0.671. The molecule has 0 aliphatic carbocycles. The van der Waals surface area contributed by atoms with E-state index in [-0.39, 0.29) is 0 Å². The Kier molecular flexibility index (Phi) is 5.82. The minimum absolute atomic E-state index is 0.450. The Morgan fingerprint density at radius 2 is 1.97 bits per heavy atom. The van der Waals surface area contributed by atoms with Crippen LogP contribution in [0.3, 0.4) is 0 Å². The average molecular weight is 427 g/mol. The summed E-state index contributed by atoms with van der Waals surface area (Å²) in [5.41, 5.74) is 2.73. The first-order valence-corrected chi connectivity index (χ1v) is 10.5. The quantitative estimate of drug-likeness (QED) is 0.239. The zero-order valence-electron chi connectivity index (χ0n) is 16.2. The molecule has 3 aromatic heterocycles. The Balaban J connectivity index is 1.42. The van der Waals surface area contributed by atoms with Crippen LogP contribution in [0, 0.1) is 0 Å². The van der Waals surface area contributed by atoms with Crippen LogP contribution in [0.2, 0.25) is 5.15 Å². The Morgan fingerprint density at radius 3 is 2.69 bits per heavy atom. The number of rotatable bonds is 7. The molecule has 0 amide bonds. The predicted molar refractivity (Wildman–Crippen MR) is 117 cm³/mol. The Labute approximate surface area is 177 Å². The van der Waals surface area contributed by atoms with Gasteiger partial charge < -0.3 is 4.90 Å². The van der Waals surface area contributed by atoms with Gasteiger partial charge in [-0.1, -0.05) is 22.9 Å². The van der Waals surface area contributed by atoms with Crippen LogP contribution in [0.1, 0.15) is 6.92 Å². The van der Waals surface area contributed by atoms with Crippen molar-refractivity contribution in [2.45, 2.75) is 13.5 Å². The van der Waals surface area contributed by atoms with Crippen LogP contribution in [0.15, 0.2) is 65.3 Å². The van der Waals surface area contributed by atoms with Crippen LogP contribution >= 0.6 is 22.9 Å². The highest BCUT2D eigenvalue weighted by Crippen LogP contribution is 2.29. The lowest BCUT2D eigenvalue weighted by Crippen LogP contribution is -2.28. The summed E-state index contributed by atoms with van der Waals surface area (Å²) in [5.74, 6) is 0. The zero-order valence-corrected chi connectivity index (χ0v) is 17.8. The minimum atomic E-state index is 0.450. The minimum Gasteiger partial charge on any atom is -0.368 e. The van der Waals surface area contributed by atoms with Gasteiger partial charge in [0, 0.05) is 12.2 Å². The third-order valence-corrected chi connectivity index (χ3v) is 5.57. The maximum Gasteiger partial charge on any atom is 0.243 e. The number of pyridine rings is 1. The molecule has 0 aliphatic heterocycles. The summed E-state index contributed by atoms with van der Waals surface area (Å²) in [5, 5.41) is 9.56. The summed E-state index contributed by atoms with van der Waals surface area (Å²) >= 11 is 7.29. The molecule has 148 valence electrons. The SMILES string of the molecule is CCN(CCn1cc[n+](C)c1)c1ccc(N=Nc2nc3ccc(Cl)nc3s2)cc1. The molecule has 0 radical (unpaired) electrons. The number of azo groups is 1. The number of hydrogen-bond donors (Lipinski definition) is 0. The van der Waals surface area contributed by atoms with Crippen LogP contribution in [0.5, 0.6) is 0 Å². The maximum absolute atomic E-state index is 5.92. The Bertz CT molecular complexity index is 1130. The molecule has 1 aromatic carbocycles. The molecular formula is C20H21ClN7S+. The topological polar surface area (TPSA) is 62.5 Å². The molecule has 9 heteroatoms. The third-order valence-electron chi connectivity index (χ3n) is 4.51. The van der Waals surface area contributed by atoms with Crippen LogP contribution in [0.25, 0.3) is 10.3 Å². The molecule has 0 N–H and O–H groups in total. The van der Waals surface area contributed by atoms with Gasteiger partial charge in [0.15, 0.2) is 0 Å². The van der Waals surface area contributed by atoms with E-state index in [2.05, 4.69) is 61.2 Å². The van der Waals surface area contributed by atoms with Crippen LogP contribution in [0.4, 0.5) is 16.5 Å². The molecular weight excluding hydrogens is 406 g/mol. The molecule has 0 atom stereocenters. The zero-order chi connectivity index (χ0) is 20.2. The van der Waals surface area contributed by atoms with Crippen LogP contribution in [-0.4, -0.2) is 27.6 Å². The number of fused-ring (bicyclic) bond motifs is 1. The van der Waals surface area contributed by atoms with E-state index in [1.807, 2.05) is 36.0 Å². The number of likely N-dealkylation sites (N-methyl/N-ethyl adjacent to an activating group) is 1. The van der Waals surface area contributed by atoms with E-state index in [0.717, 1.165) is 35.7 Å². The fourth-order valence-corrected chi connectivity index (χ4v) is 3.95. The van der Waals surface area contributed by atoms with Gasteiger partial charge in [0.1, 0.15) is 34.4 Å².